The zero-order valence-electron chi connectivity index (χ0n) is 18.2. The van der Waals surface area contributed by atoms with Gasteiger partial charge in [-0.1, -0.05) is 84.4 Å². The first kappa shape index (κ1) is 24.3. The Bertz CT molecular complexity index is 1030. The highest BCUT2D eigenvalue weighted by Crippen LogP contribution is 2.26. The van der Waals surface area contributed by atoms with Gasteiger partial charge in [0.25, 0.3) is 5.91 Å². The largest absolute Gasteiger partial charge is 0.482 e. The van der Waals surface area contributed by atoms with Gasteiger partial charge in [0, 0.05) is 19.7 Å². The molecule has 6 nitrogen and oxygen atoms in total. The molecule has 0 unspecified atom stereocenters. The van der Waals surface area contributed by atoms with Crippen LogP contribution in [0, 0.1) is 0 Å². The van der Waals surface area contributed by atoms with Gasteiger partial charge in [-0.05, 0) is 29.7 Å². The van der Waals surface area contributed by atoms with Crippen LogP contribution in [0.2, 0.25) is 5.02 Å². The van der Waals surface area contributed by atoms with E-state index in [-0.39, 0.29) is 31.6 Å². The van der Waals surface area contributed by atoms with Crippen LogP contribution in [0.5, 0.6) is 5.75 Å². The molecule has 0 fully saturated rings. The summed E-state index contributed by atoms with van der Waals surface area (Å²) in [5, 5.41) is 12.3. The molecule has 0 heterocycles. The van der Waals surface area contributed by atoms with Crippen molar-refractivity contribution in [1.82, 2.24) is 10.2 Å². The molecule has 33 heavy (non-hydrogen) atoms. The third-order valence-corrected chi connectivity index (χ3v) is 5.33. The Morgan fingerprint density at radius 2 is 1.58 bits per heavy atom. The monoisotopic (exact) mass is 466 g/mol. The first-order valence-electron chi connectivity index (χ1n) is 10.7. The topological polar surface area (TPSA) is 78.9 Å². The maximum Gasteiger partial charge on any atom is 0.261 e. The number of para-hydroxylation sites is 1. The molecular formula is C26H27ClN2O4. The number of hydrogen-bond donors (Lipinski definition) is 2. The number of ether oxygens (including phenoxy) is 1. The van der Waals surface area contributed by atoms with Crippen molar-refractivity contribution in [3.63, 3.8) is 0 Å². The first-order chi connectivity index (χ1) is 16.1. The maximum absolute atomic E-state index is 13.4. The molecule has 2 N–H and O–H groups in total. The highest BCUT2D eigenvalue weighted by molar-refractivity contribution is 6.32. The average Bonchev–Trinajstić information content (AvgIpc) is 2.84. The molecular weight excluding hydrogens is 440 g/mol. The molecule has 0 spiro atoms. The van der Waals surface area contributed by atoms with Gasteiger partial charge in [-0.15, -0.1) is 0 Å². The normalized spacial score (nSPS) is 11.5. The van der Waals surface area contributed by atoms with E-state index in [1.807, 2.05) is 60.7 Å². The van der Waals surface area contributed by atoms with Crippen LogP contribution >= 0.6 is 11.6 Å². The second kappa shape index (κ2) is 12.6. The summed E-state index contributed by atoms with van der Waals surface area (Å²) in [6.45, 7) is 0.221. The van der Waals surface area contributed by atoms with Gasteiger partial charge in [-0.25, -0.2) is 0 Å². The van der Waals surface area contributed by atoms with Crippen molar-refractivity contribution in [2.75, 3.05) is 19.8 Å². The van der Waals surface area contributed by atoms with Gasteiger partial charge >= 0.3 is 0 Å². The zero-order chi connectivity index (χ0) is 23.5. The molecule has 3 aromatic rings. The first-order valence-corrected chi connectivity index (χ1v) is 11.1. The lowest BCUT2D eigenvalue weighted by molar-refractivity contribution is -0.143. The Kier molecular flexibility index (Phi) is 9.30. The Morgan fingerprint density at radius 1 is 0.939 bits per heavy atom. The standard InChI is InChI=1S/C26H27ClN2O4/c27-22-14-7-8-15-23(22)33-19-24(31)29(18-20-10-3-1-4-11-20)25(21-12-5-2-6-13-21)26(32)28-16-9-17-30/h1-8,10-15,25,30H,9,16-19H2,(H,28,32)/t25-/m1/s1. The van der Waals surface area contributed by atoms with Gasteiger partial charge in [0.2, 0.25) is 5.91 Å². The van der Waals surface area contributed by atoms with E-state index in [0.29, 0.717) is 29.3 Å². The number of nitrogens with zero attached hydrogens (tertiary/aromatic N) is 1. The van der Waals surface area contributed by atoms with E-state index in [9.17, 15) is 9.59 Å². The number of rotatable bonds is 11. The number of benzene rings is 3. The number of carbonyl (C=O) groups is 2. The predicted octanol–water partition coefficient (Wildman–Crippen LogP) is 3.99. The van der Waals surface area contributed by atoms with Crippen molar-refractivity contribution in [3.05, 3.63) is 101 Å². The van der Waals surface area contributed by atoms with Crippen LogP contribution in [0.3, 0.4) is 0 Å². The minimum absolute atomic E-state index is 0.0331. The number of halogens is 1. The molecule has 1 atom stereocenters. The van der Waals surface area contributed by atoms with Gasteiger partial charge in [0.05, 0.1) is 5.02 Å². The Morgan fingerprint density at radius 3 is 2.24 bits per heavy atom. The summed E-state index contributed by atoms with van der Waals surface area (Å²) in [6, 6.07) is 24.7. The lowest BCUT2D eigenvalue weighted by Gasteiger charge is -2.31. The summed E-state index contributed by atoms with van der Waals surface area (Å²) in [7, 11) is 0. The van der Waals surface area contributed by atoms with Crippen LogP contribution in [0.15, 0.2) is 84.9 Å². The van der Waals surface area contributed by atoms with Crippen LogP contribution in [-0.4, -0.2) is 41.6 Å². The fraction of sp³-hybridized carbons (Fsp3) is 0.231. The third kappa shape index (κ3) is 7.07. The van der Waals surface area contributed by atoms with Crippen LogP contribution in [0.4, 0.5) is 0 Å². The van der Waals surface area contributed by atoms with Crippen LogP contribution in [-0.2, 0) is 16.1 Å². The van der Waals surface area contributed by atoms with E-state index in [1.54, 1.807) is 24.3 Å². The summed E-state index contributed by atoms with van der Waals surface area (Å²) in [4.78, 5) is 28.2. The number of hydrogen-bond acceptors (Lipinski definition) is 4. The van der Waals surface area contributed by atoms with Gasteiger partial charge < -0.3 is 20.1 Å². The molecule has 7 heteroatoms. The molecule has 3 rings (SSSR count). The highest BCUT2D eigenvalue weighted by atomic mass is 35.5. The van der Waals surface area contributed by atoms with Crippen molar-refractivity contribution < 1.29 is 19.4 Å². The molecule has 0 bridgehead atoms. The van der Waals surface area contributed by atoms with Gasteiger partial charge in [-0.2, -0.15) is 0 Å². The molecule has 0 aliphatic rings. The Labute approximate surface area is 198 Å². The minimum Gasteiger partial charge on any atom is -0.482 e. The number of aliphatic hydroxyl groups is 1. The van der Waals surface area contributed by atoms with Gasteiger partial charge in [-0.3, -0.25) is 9.59 Å². The van der Waals surface area contributed by atoms with Crippen molar-refractivity contribution in [2.24, 2.45) is 0 Å². The number of aliphatic hydroxyl groups excluding tert-OH is 1. The summed E-state index contributed by atoms with van der Waals surface area (Å²) in [6.07, 6.45) is 0.426. The van der Waals surface area contributed by atoms with Crippen LogP contribution in [0.25, 0.3) is 0 Å². The quantitative estimate of drug-likeness (QED) is 0.419. The van der Waals surface area contributed by atoms with Crippen LogP contribution in [0.1, 0.15) is 23.6 Å². The molecule has 0 radical (unpaired) electrons. The molecule has 0 aromatic heterocycles. The van der Waals surface area contributed by atoms with Crippen molar-refractivity contribution in [3.8, 4) is 5.75 Å². The number of carbonyl (C=O) groups excluding carboxylic acids is 2. The lowest BCUT2D eigenvalue weighted by Crippen LogP contribution is -2.45. The maximum atomic E-state index is 13.4. The fourth-order valence-corrected chi connectivity index (χ4v) is 3.57. The van der Waals surface area contributed by atoms with Crippen molar-refractivity contribution in [2.45, 2.75) is 19.0 Å². The summed E-state index contributed by atoms with van der Waals surface area (Å²) in [5.74, 6) is -0.280. The Balaban J connectivity index is 1.90. The van der Waals surface area contributed by atoms with E-state index >= 15 is 0 Å². The molecule has 0 saturated heterocycles. The van der Waals surface area contributed by atoms with E-state index in [1.165, 1.54) is 4.90 Å². The molecule has 0 aliphatic heterocycles. The van der Waals surface area contributed by atoms with E-state index < -0.39 is 6.04 Å². The second-order valence-electron chi connectivity index (χ2n) is 7.41. The summed E-state index contributed by atoms with van der Waals surface area (Å²) < 4.78 is 5.69. The SMILES string of the molecule is O=C(NCCCO)[C@@H](c1ccccc1)N(Cc1ccccc1)C(=O)COc1ccccc1Cl. The average molecular weight is 467 g/mol. The van der Waals surface area contributed by atoms with E-state index in [4.69, 9.17) is 21.4 Å². The smallest absolute Gasteiger partial charge is 0.261 e. The molecule has 3 aromatic carbocycles. The number of amides is 2. The van der Waals surface area contributed by atoms with Crippen molar-refractivity contribution in [1.29, 1.82) is 0 Å². The molecule has 0 saturated carbocycles. The summed E-state index contributed by atoms with van der Waals surface area (Å²) >= 11 is 6.16. The molecule has 0 aliphatic carbocycles. The van der Waals surface area contributed by atoms with Crippen LogP contribution < -0.4 is 10.1 Å². The zero-order valence-corrected chi connectivity index (χ0v) is 18.9. The molecule has 172 valence electrons. The lowest BCUT2D eigenvalue weighted by atomic mass is 10.0. The third-order valence-electron chi connectivity index (χ3n) is 5.01. The fourth-order valence-electron chi connectivity index (χ4n) is 3.38. The predicted molar refractivity (Wildman–Crippen MR) is 128 cm³/mol. The summed E-state index contributed by atoms with van der Waals surface area (Å²) in [5.41, 5.74) is 1.56. The van der Waals surface area contributed by atoms with Gasteiger partial charge in [0.15, 0.2) is 6.61 Å². The van der Waals surface area contributed by atoms with E-state index in [2.05, 4.69) is 5.32 Å². The Hall–Kier alpha value is -3.35. The van der Waals surface area contributed by atoms with E-state index in [0.717, 1.165) is 5.56 Å². The van der Waals surface area contributed by atoms with Gasteiger partial charge in [0.1, 0.15) is 11.8 Å². The molecule has 2 amide bonds. The minimum atomic E-state index is -0.868. The second-order valence-corrected chi connectivity index (χ2v) is 7.81. The number of nitrogens with one attached hydrogen (secondary N) is 1. The van der Waals surface area contributed by atoms with Crippen molar-refractivity contribution >= 4 is 23.4 Å². The highest BCUT2D eigenvalue weighted by Gasteiger charge is 2.31.